The van der Waals surface area contributed by atoms with Gasteiger partial charge in [-0.2, -0.15) is 0 Å². The van der Waals surface area contributed by atoms with Crippen molar-refractivity contribution in [3.8, 4) is 34.0 Å². The summed E-state index contributed by atoms with van der Waals surface area (Å²) in [6.07, 6.45) is -4.15. The Morgan fingerprint density at radius 3 is 1.81 bits per heavy atom. The Hall–Kier alpha value is -7.94. The van der Waals surface area contributed by atoms with E-state index in [0.717, 1.165) is 0 Å². The number of aromatic nitrogens is 3. The molecule has 0 radical (unpaired) electrons. The van der Waals surface area contributed by atoms with Gasteiger partial charge in [0.2, 0.25) is 0 Å². The fourth-order valence-corrected chi connectivity index (χ4v) is 7.93. The number of rotatable bonds is 12. The van der Waals surface area contributed by atoms with E-state index < -0.39 is 54.6 Å². The van der Waals surface area contributed by atoms with E-state index >= 15 is 4.79 Å². The van der Waals surface area contributed by atoms with Crippen LogP contribution in [0.2, 0.25) is 0 Å². The topological polar surface area (TPSA) is 150 Å². The summed E-state index contributed by atoms with van der Waals surface area (Å²) in [5.41, 5.74) is 2.03. The molecule has 0 bridgehead atoms. The molecule has 64 heavy (non-hydrogen) atoms. The van der Waals surface area contributed by atoms with Crippen LogP contribution in [0.4, 0.5) is 0 Å². The Morgan fingerprint density at radius 1 is 0.688 bits per heavy atom. The summed E-state index contributed by atoms with van der Waals surface area (Å²) in [7, 11) is 1.53. The van der Waals surface area contributed by atoms with Gasteiger partial charge in [-0.3, -0.25) is 13.9 Å². The highest BCUT2D eigenvalue weighted by atomic mass is 32.1. The number of hydrogen-bond donors (Lipinski definition) is 0. The number of esters is 3. The molecule has 1 aliphatic rings. The highest BCUT2D eigenvalue weighted by Gasteiger charge is 2.52. The number of hydrogen-bond acceptors (Lipinski definition) is 12. The molecule has 318 valence electrons. The van der Waals surface area contributed by atoms with Gasteiger partial charge in [-0.15, -0.1) is 0 Å². The van der Waals surface area contributed by atoms with Gasteiger partial charge in [0.25, 0.3) is 5.56 Å². The van der Waals surface area contributed by atoms with Crippen molar-refractivity contribution in [1.82, 2.24) is 14.1 Å². The second kappa shape index (κ2) is 18.2. The Kier molecular flexibility index (Phi) is 11.8. The molecule has 8 aromatic rings. The maximum absolute atomic E-state index is 15.1. The van der Waals surface area contributed by atoms with E-state index in [2.05, 4.69) is 0 Å². The number of carbonyl (C=O) groups is 3. The lowest BCUT2D eigenvalue weighted by Gasteiger charge is -2.27. The SMILES string of the molecule is COc1ccc(-n2c(=O)c3c(-c4ccco4)cc(-c4ccccc4)nc3n([C@@H]3O[C@H](COC(=O)c4ccccc4)[C@@H](OC(=O)c4ccccc4)[C@H]3OC(=O)c3ccccc3)c2=S)cc1. The number of furan rings is 1. The van der Waals surface area contributed by atoms with Crippen molar-refractivity contribution in [2.75, 3.05) is 13.7 Å². The lowest BCUT2D eigenvalue weighted by atomic mass is 10.0. The maximum atomic E-state index is 15.1. The van der Waals surface area contributed by atoms with Crippen molar-refractivity contribution in [1.29, 1.82) is 0 Å². The fourth-order valence-electron chi connectivity index (χ4n) is 7.55. The Labute approximate surface area is 370 Å². The molecule has 0 saturated carbocycles. The lowest BCUT2D eigenvalue weighted by molar-refractivity contribution is -0.0617. The van der Waals surface area contributed by atoms with Gasteiger partial charge in [0.05, 0.1) is 46.8 Å². The molecule has 1 aliphatic heterocycles. The third kappa shape index (κ3) is 8.22. The molecule has 4 heterocycles. The number of benzene rings is 5. The minimum Gasteiger partial charge on any atom is -0.497 e. The molecule has 0 unspecified atom stereocenters. The minimum absolute atomic E-state index is 0.0355. The summed E-state index contributed by atoms with van der Waals surface area (Å²) in [6, 6.07) is 46.0. The summed E-state index contributed by atoms with van der Waals surface area (Å²) < 4.78 is 39.3. The van der Waals surface area contributed by atoms with E-state index in [1.807, 2.05) is 30.3 Å². The molecule has 0 amide bonds. The lowest BCUT2D eigenvalue weighted by Crippen LogP contribution is -2.41. The first kappa shape index (κ1) is 41.4. The zero-order valence-electron chi connectivity index (χ0n) is 34.0. The van der Waals surface area contributed by atoms with Crippen LogP contribution in [0.15, 0.2) is 179 Å². The molecule has 14 heteroatoms. The van der Waals surface area contributed by atoms with Crippen LogP contribution in [-0.4, -0.2) is 64.1 Å². The number of methoxy groups -OCH3 is 1. The predicted molar refractivity (Wildman–Crippen MR) is 238 cm³/mol. The average molecular weight is 872 g/mol. The van der Waals surface area contributed by atoms with Crippen molar-refractivity contribution in [3.05, 3.63) is 202 Å². The normalized spacial score (nSPS) is 16.8. The maximum Gasteiger partial charge on any atom is 0.338 e. The molecule has 0 aliphatic carbocycles. The van der Waals surface area contributed by atoms with E-state index in [9.17, 15) is 14.4 Å². The quantitative estimate of drug-likeness (QED) is 0.0655. The average Bonchev–Trinajstić information content (AvgIpc) is 4.00. The van der Waals surface area contributed by atoms with Crippen molar-refractivity contribution in [3.63, 3.8) is 0 Å². The van der Waals surface area contributed by atoms with E-state index in [0.29, 0.717) is 34.0 Å². The van der Waals surface area contributed by atoms with E-state index in [1.165, 1.54) is 22.5 Å². The predicted octanol–water partition coefficient (Wildman–Crippen LogP) is 9.06. The van der Waals surface area contributed by atoms with Crippen molar-refractivity contribution in [2.24, 2.45) is 0 Å². The van der Waals surface area contributed by atoms with Crippen LogP contribution in [0.3, 0.4) is 0 Å². The first-order chi connectivity index (χ1) is 31.3. The van der Waals surface area contributed by atoms with Crippen LogP contribution in [0.1, 0.15) is 37.3 Å². The van der Waals surface area contributed by atoms with Crippen molar-refractivity contribution >= 4 is 41.2 Å². The van der Waals surface area contributed by atoms with Crippen LogP contribution in [0.25, 0.3) is 39.3 Å². The second-order valence-corrected chi connectivity index (χ2v) is 15.0. The zero-order chi connectivity index (χ0) is 44.2. The third-order valence-electron chi connectivity index (χ3n) is 10.7. The molecule has 5 aromatic carbocycles. The van der Waals surface area contributed by atoms with E-state index in [4.69, 9.17) is 45.3 Å². The summed E-state index contributed by atoms with van der Waals surface area (Å²) in [4.78, 5) is 61.9. The number of pyridine rings is 1. The molecule has 13 nitrogen and oxygen atoms in total. The first-order valence-electron chi connectivity index (χ1n) is 20.1. The van der Waals surface area contributed by atoms with Crippen molar-refractivity contribution in [2.45, 2.75) is 24.5 Å². The fraction of sp³-hybridized carbons (Fsp3) is 0.120. The van der Waals surface area contributed by atoms with E-state index in [-0.39, 0.29) is 32.5 Å². The van der Waals surface area contributed by atoms with Crippen LogP contribution in [0, 0.1) is 4.77 Å². The number of nitrogens with zero attached hydrogens (tertiary/aromatic N) is 3. The molecule has 0 N–H and O–H groups in total. The monoisotopic (exact) mass is 871 g/mol. The molecule has 1 fully saturated rings. The van der Waals surface area contributed by atoms with Gasteiger partial charge in [-0.05, 0) is 91.1 Å². The van der Waals surface area contributed by atoms with Gasteiger partial charge in [0, 0.05) is 11.1 Å². The molecule has 0 spiro atoms. The number of carbonyl (C=O) groups excluding carboxylic acids is 3. The van der Waals surface area contributed by atoms with Crippen molar-refractivity contribution < 1.29 is 42.5 Å². The third-order valence-corrected chi connectivity index (χ3v) is 11.0. The molecule has 9 rings (SSSR count). The van der Waals surface area contributed by atoms with Gasteiger partial charge in [-0.25, -0.2) is 19.4 Å². The highest BCUT2D eigenvalue weighted by molar-refractivity contribution is 7.71. The minimum atomic E-state index is -1.49. The molecule has 1 saturated heterocycles. The van der Waals surface area contributed by atoms with Gasteiger partial charge in [0.15, 0.2) is 28.9 Å². The molecule has 4 atom stereocenters. The number of ether oxygens (including phenoxy) is 5. The van der Waals surface area contributed by atoms with E-state index in [1.54, 1.807) is 133 Å². The first-order valence-corrected chi connectivity index (χ1v) is 20.6. The standard InChI is InChI=1S/C50H37N3O10S/c1-58-36-26-24-35(25-27-36)52-45(54)41-37(39-23-14-28-59-39)29-38(31-15-6-2-7-16-31)51-44(41)53(50(52)64)46-43(63-49(57)34-21-12-5-13-22-34)42(62-48(56)33-19-10-4-11-20-33)40(61-46)30-60-47(55)32-17-8-3-9-18-32/h2-29,40,42-43,46H,30H2,1H3/t40-,42-,43-,46-/m1/s1. The Balaban J connectivity index is 1.30. The van der Waals surface area contributed by atoms with Gasteiger partial charge in [-0.1, -0.05) is 84.9 Å². The second-order valence-electron chi connectivity index (χ2n) is 14.6. The molecular formula is C50H37N3O10S. The number of fused-ring (bicyclic) bond motifs is 1. The summed E-state index contributed by atoms with van der Waals surface area (Å²) >= 11 is 6.28. The van der Waals surface area contributed by atoms with Gasteiger partial charge >= 0.3 is 17.9 Å². The van der Waals surface area contributed by atoms with Crippen LogP contribution in [-0.2, 0) is 18.9 Å². The largest absolute Gasteiger partial charge is 0.497 e. The summed E-state index contributed by atoms with van der Waals surface area (Å²) in [6.45, 7) is -0.458. The Bertz CT molecular complexity index is 3070. The van der Waals surface area contributed by atoms with Gasteiger partial charge in [0.1, 0.15) is 24.2 Å². The highest BCUT2D eigenvalue weighted by Crippen LogP contribution is 2.39. The van der Waals surface area contributed by atoms with Crippen LogP contribution in [0.5, 0.6) is 5.75 Å². The van der Waals surface area contributed by atoms with Gasteiger partial charge < -0.3 is 28.1 Å². The van der Waals surface area contributed by atoms with Crippen LogP contribution < -0.4 is 10.3 Å². The zero-order valence-corrected chi connectivity index (χ0v) is 34.8. The van der Waals surface area contributed by atoms with Crippen LogP contribution >= 0.6 is 12.2 Å². The molecule has 3 aromatic heterocycles. The smallest absolute Gasteiger partial charge is 0.338 e. The Morgan fingerprint density at radius 2 is 1.25 bits per heavy atom. The molecular weight excluding hydrogens is 835 g/mol. The summed E-state index contributed by atoms with van der Waals surface area (Å²) in [5, 5.41) is 0.0765. The summed E-state index contributed by atoms with van der Waals surface area (Å²) in [5.74, 6) is -1.34.